The van der Waals surface area contributed by atoms with Crippen LogP contribution in [0.2, 0.25) is 0 Å². The SMILES string of the molecule is CCN(CC)C(=O)c1ccnc(Nc2ccc(C(F)(F)F)cc2)n1. The number of anilines is 2. The molecule has 0 saturated carbocycles. The molecule has 0 saturated heterocycles. The van der Waals surface area contributed by atoms with Gasteiger partial charge < -0.3 is 10.2 Å². The first kappa shape index (κ1) is 17.7. The number of benzene rings is 1. The topological polar surface area (TPSA) is 58.1 Å². The van der Waals surface area contributed by atoms with Crippen LogP contribution in [0, 0.1) is 0 Å². The van der Waals surface area contributed by atoms with E-state index in [0.29, 0.717) is 18.8 Å². The number of halogens is 3. The second-order valence-electron chi connectivity index (χ2n) is 4.94. The summed E-state index contributed by atoms with van der Waals surface area (Å²) in [4.78, 5) is 22.0. The van der Waals surface area contributed by atoms with E-state index >= 15 is 0 Å². The molecule has 1 heterocycles. The van der Waals surface area contributed by atoms with Crippen LogP contribution < -0.4 is 5.32 Å². The van der Waals surface area contributed by atoms with Gasteiger partial charge in [0.05, 0.1) is 5.56 Å². The fraction of sp³-hybridized carbons (Fsp3) is 0.312. The van der Waals surface area contributed by atoms with Crippen molar-refractivity contribution in [3.8, 4) is 0 Å². The van der Waals surface area contributed by atoms with Gasteiger partial charge in [0.1, 0.15) is 5.69 Å². The van der Waals surface area contributed by atoms with E-state index in [2.05, 4.69) is 15.3 Å². The lowest BCUT2D eigenvalue weighted by molar-refractivity contribution is -0.137. The highest BCUT2D eigenvalue weighted by molar-refractivity contribution is 5.92. The van der Waals surface area contributed by atoms with Gasteiger partial charge in [-0.2, -0.15) is 13.2 Å². The standard InChI is InChI=1S/C16H17F3N4O/c1-3-23(4-2)14(24)13-9-10-20-15(22-13)21-12-7-5-11(6-8-12)16(17,18)19/h5-10H,3-4H2,1-2H3,(H,20,21,22). The van der Waals surface area contributed by atoms with Gasteiger partial charge in [-0.1, -0.05) is 0 Å². The van der Waals surface area contributed by atoms with Crippen LogP contribution in [-0.4, -0.2) is 33.9 Å². The molecule has 128 valence electrons. The van der Waals surface area contributed by atoms with Crippen LogP contribution in [0.3, 0.4) is 0 Å². The Hall–Kier alpha value is -2.64. The summed E-state index contributed by atoms with van der Waals surface area (Å²) < 4.78 is 37.6. The van der Waals surface area contributed by atoms with Crippen molar-refractivity contribution in [2.45, 2.75) is 20.0 Å². The molecule has 1 N–H and O–H groups in total. The van der Waals surface area contributed by atoms with E-state index in [1.54, 1.807) is 4.90 Å². The molecular formula is C16H17F3N4O. The summed E-state index contributed by atoms with van der Waals surface area (Å²) in [7, 11) is 0. The normalized spacial score (nSPS) is 11.2. The molecule has 0 aliphatic heterocycles. The van der Waals surface area contributed by atoms with Gasteiger partial charge in [0.2, 0.25) is 5.95 Å². The van der Waals surface area contributed by atoms with Crippen molar-refractivity contribution in [3.05, 3.63) is 47.8 Å². The molecule has 0 spiro atoms. The molecule has 0 atom stereocenters. The molecule has 0 radical (unpaired) electrons. The summed E-state index contributed by atoms with van der Waals surface area (Å²) >= 11 is 0. The molecule has 5 nitrogen and oxygen atoms in total. The molecule has 2 aromatic rings. The monoisotopic (exact) mass is 338 g/mol. The second kappa shape index (κ2) is 7.29. The summed E-state index contributed by atoms with van der Waals surface area (Å²) in [5.41, 5.74) is -0.113. The molecule has 8 heteroatoms. The Morgan fingerprint density at radius 3 is 2.29 bits per heavy atom. The molecule has 0 fully saturated rings. The molecule has 1 aromatic carbocycles. The smallest absolute Gasteiger partial charge is 0.338 e. The predicted octanol–water partition coefficient (Wildman–Crippen LogP) is 3.72. The number of aromatic nitrogens is 2. The Morgan fingerprint density at radius 2 is 1.75 bits per heavy atom. The molecule has 2 rings (SSSR count). The first-order valence-electron chi connectivity index (χ1n) is 7.41. The average Bonchev–Trinajstić information content (AvgIpc) is 2.56. The highest BCUT2D eigenvalue weighted by Crippen LogP contribution is 2.30. The largest absolute Gasteiger partial charge is 0.416 e. The molecule has 1 aromatic heterocycles. The maximum atomic E-state index is 12.5. The first-order chi connectivity index (χ1) is 11.3. The van der Waals surface area contributed by atoms with E-state index < -0.39 is 11.7 Å². The lowest BCUT2D eigenvalue weighted by atomic mass is 10.2. The summed E-state index contributed by atoms with van der Waals surface area (Å²) in [6, 6.07) is 6.00. The molecule has 24 heavy (non-hydrogen) atoms. The van der Waals surface area contributed by atoms with Gasteiger partial charge in [0, 0.05) is 25.0 Å². The number of nitrogens with zero attached hydrogens (tertiary/aromatic N) is 3. The van der Waals surface area contributed by atoms with E-state index in [9.17, 15) is 18.0 Å². The minimum Gasteiger partial charge on any atom is -0.338 e. The van der Waals surface area contributed by atoms with Gasteiger partial charge in [0.25, 0.3) is 5.91 Å². The maximum absolute atomic E-state index is 12.5. The Labute approximate surface area is 137 Å². The zero-order valence-corrected chi connectivity index (χ0v) is 13.3. The van der Waals surface area contributed by atoms with Gasteiger partial charge in [-0.25, -0.2) is 9.97 Å². The van der Waals surface area contributed by atoms with Crippen LogP contribution in [-0.2, 0) is 6.18 Å². The number of carbonyl (C=O) groups excluding carboxylic acids is 1. The Bertz CT molecular complexity index is 697. The maximum Gasteiger partial charge on any atom is 0.416 e. The molecule has 0 unspecified atom stereocenters. The Morgan fingerprint density at radius 1 is 1.12 bits per heavy atom. The van der Waals surface area contributed by atoms with Crippen molar-refractivity contribution in [1.82, 2.24) is 14.9 Å². The molecule has 0 aliphatic carbocycles. The minimum atomic E-state index is -4.38. The van der Waals surface area contributed by atoms with Gasteiger partial charge in [0.15, 0.2) is 0 Å². The average molecular weight is 338 g/mol. The Kier molecular flexibility index (Phi) is 5.38. The van der Waals surface area contributed by atoms with Crippen LogP contribution in [0.25, 0.3) is 0 Å². The van der Waals surface area contributed by atoms with Crippen LogP contribution in [0.4, 0.5) is 24.8 Å². The fourth-order valence-corrected chi connectivity index (χ4v) is 2.08. The molecule has 0 aliphatic rings. The van der Waals surface area contributed by atoms with Crippen molar-refractivity contribution in [2.24, 2.45) is 0 Å². The first-order valence-corrected chi connectivity index (χ1v) is 7.41. The number of rotatable bonds is 5. The number of hydrogen-bond acceptors (Lipinski definition) is 4. The molecular weight excluding hydrogens is 321 g/mol. The minimum absolute atomic E-state index is 0.146. The van der Waals surface area contributed by atoms with Crippen molar-refractivity contribution in [1.29, 1.82) is 0 Å². The molecule has 0 bridgehead atoms. The number of amides is 1. The zero-order chi connectivity index (χ0) is 17.7. The van der Waals surface area contributed by atoms with E-state index in [1.165, 1.54) is 24.4 Å². The summed E-state index contributed by atoms with van der Waals surface area (Å²) in [6.45, 7) is 4.84. The predicted molar refractivity (Wildman–Crippen MR) is 84.0 cm³/mol. The van der Waals surface area contributed by atoms with Crippen LogP contribution >= 0.6 is 0 Å². The van der Waals surface area contributed by atoms with Crippen molar-refractivity contribution >= 4 is 17.5 Å². The van der Waals surface area contributed by atoms with Crippen LogP contribution in [0.15, 0.2) is 36.5 Å². The summed E-state index contributed by atoms with van der Waals surface area (Å²) in [5.74, 6) is -0.0781. The third-order valence-electron chi connectivity index (χ3n) is 3.39. The lowest BCUT2D eigenvalue weighted by Crippen LogP contribution is -2.31. The number of carbonyl (C=O) groups is 1. The van der Waals surface area contributed by atoms with Gasteiger partial charge >= 0.3 is 6.18 Å². The fourth-order valence-electron chi connectivity index (χ4n) is 2.08. The van der Waals surface area contributed by atoms with E-state index in [0.717, 1.165) is 12.1 Å². The third-order valence-corrected chi connectivity index (χ3v) is 3.39. The van der Waals surface area contributed by atoms with E-state index in [1.807, 2.05) is 13.8 Å². The van der Waals surface area contributed by atoms with Crippen molar-refractivity contribution in [3.63, 3.8) is 0 Å². The Balaban J connectivity index is 2.16. The number of hydrogen-bond donors (Lipinski definition) is 1. The lowest BCUT2D eigenvalue weighted by Gasteiger charge is -2.18. The van der Waals surface area contributed by atoms with E-state index in [4.69, 9.17) is 0 Å². The summed E-state index contributed by atoms with van der Waals surface area (Å²) in [5, 5.41) is 2.79. The van der Waals surface area contributed by atoms with Crippen molar-refractivity contribution < 1.29 is 18.0 Å². The number of nitrogens with one attached hydrogen (secondary N) is 1. The quantitative estimate of drug-likeness (QED) is 0.903. The van der Waals surface area contributed by atoms with Gasteiger partial charge in [-0.3, -0.25) is 4.79 Å². The molecule has 1 amide bonds. The van der Waals surface area contributed by atoms with Crippen LogP contribution in [0.1, 0.15) is 29.9 Å². The number of alkyl halides is 3. The highest BCUT2D eigenvalue weighted by Gasteiger charge is 2.29. The third kappa shape index (κ3) is 4.21. The second-order valence-corrected chi connectivity index (χ2v) is 4.94. The van der Waals surface area contributed by atoms with Crippen LogP contribution in [0.5, 0.6) is 0 Å². The van der Waals surface area contributed by atoms with Gasteiger partial charge in [-0.15, -0.1) is 0 Å². The summed E-state index contributed by atoms with van der Waals surface area (Å²) in [6.07, 6.45) is -2.96. The highest BCUT2D eigenvalue weighted by atomic mass is 19.4. The van der Waals surface area contributed by atoms with E-state index in [-0.39, 0.29) is 17.5 Å². The zero-order valence-electron chi connectivity index (χ0n) is 13.3. The van der Waals surface area contributed by atoms with Gasteiger partial charge in [-0.05, 0) is 44.2 Å². The van der Waals surface area contributed by atoms with Crippen molar-refractivity contribution in [2.75, 3.05) is 18.4 Å².